The van der Waals surface area contributed by atoms with Gasteiger partial charge < -0.3 is 20.1 Å². The fourth-order valence-electron chi connectivity index (χ4n) is 1.88. The molecule has 0 radical (unpaired) electrons. The summed E-state index contributed by atoms with van der Waals surface area (Å²) in [5.74, 6) is 1.31. The second-order valence-electron chi connectivity index (χ2n) is 5.11. The number of aromatic nitrogens is 2. The topological polar surface area (TPSA) is 85.4 Å². The van der Waals surface area contributed by atoms with Gasteiger partial charge in [-0.05, 0) is 26.0 Å². The van der Waals surface area contributed by atoms with E-state index in [1.54, 1.807) is 25.3 Å². The predicted molar refractivity (Wildman–Crippen MR) is 88.3 cm³/mol. The van der Waals surface area contributed by atoms with Crippen LogP contribution in [-0.4, -0.2) is 36.1 Å². The molecule has 2 rings (SSSR count). The van der Waals surface area contributed by atoms with Crippen molar-refractivity contribution in [2.75, 3.05) is 24.9 Å². The van der Waals surface area contributed by atoms with E-state index in [1.807, 2.05) is 13.8 Å². The Bertz CT molecular complexity index is 672. The molecule has 23 heavy (non-hydrogen) atoms. The van der Waals surface area contributed by atoms with Gasteiger partial charge >= 0.3 is 0 Å². The normalized spacial score (nSPS) is 10.3. The summed E-state index contributed by atoms with van der Waals surface area (Å²) in [5, 5.41) is 5.83. The van der Waals surface area contributed by atoms with Crippen LogP contribution in [0, 0.1) is 0 Å². The molecule has 2 aromatic rings. The molecule has 1 heterocycles. The third-order valence-electron chi connectivity index (χ3n) is 2.99. The van der Waals surface area contributed by atoms with E-state index in [-0.39, 0.29) is 11.9 Å². The number of nitrogens with one attached hydrogen (secondary N) is 2. The number of anilines is 2. The Labute approximate surface area is 135 Å². The highest BCUT2D eigenvalue weighted by atomic mass is 16.5. The molecule has 0 saturated heterocycles. The average Bonchev–Trinajstić information content (AvgIpc) is 2.54. The van der Waals surface area contributed by atoms with Crippen LogP contribution in [0.1, 0.15) is 24.2 Å². The molecule has 0 aliphatic rings. The maximum atomic E-state index is 12.3. The molecule has 0 unspecified atom stereocenters. The van der Waals surface area contributed by atoms with E-state index in [9.17, 15) is 4.79 Å². The first-order valence-corrected chi connectivity index (χ1v) is 7.15. The number of carbonyl (C=O) groups is 1. The first-order valence-electron chi connectivity index (χ1n) is 7.15. The van der Waals surface area contributed by atoms with Gasteiger partial charge in [-0.25, -0.2) is 9.97 Å². The smallest absolute Gasteiger partial charge is 0.258 e. The van der Waals surface area contributed by atoms with Crippen LogP contribution in [0.15, 0.2) is 30.6 Å². The molecule has 1 aromatic heterocycles. The van der Waals surface area contributed by atoms with E-state index in [4.69, 9.17) is 9.47 Å². The second kappa shape index (κ2) is 7.44. The van der Waals surface area contributed by atoms with Crippen LogP contribution < -0.4 is 20.1 Å². The van der Waals surface area contributed by atoms with Gasteiger partial charge in [-0.2, -0.15) is 0 Å². The van der Waals surface area contributed by atoms with Crippen molar-refractivity contribution in [3.8, 4) is 11.5 Å². The van der Waals surface area contributed by atoms with Crippen molar-refractivity contribution in [3.63, 3.8) is 0 Å². The lowest BCUT2D eigenvalue weighted by molar-refractivity contribution is 0.102. The quantitative estimate of drug-likeness (QED) is 0.852. The number of carbonyl (C=O) groups excluding carboxylic acids is 1. The van der Waals surface area contributed by atoms with Gasteiger partial charge in [0, 0.05) is 24.5 Å². The minimum Gasteiger partial charge on any atom is -0.497 e. The lowest BCUT2D eigenvalue weighted by Gasteiger charge is -2.12. The van der Waals surface area contributed by atoms with Crippen molar-refractivity contribution in [3.05, 3.63) is 36.2 Å². The SMILES string of the molecule is COc1ccc(OC)c(NC(=O)c2cnc(NC(C)C)nc2)c1. The third-order valence-corrected chi connectivity index (χ3v) is 2.99. The number of rotatable bonds is 6. The van der Waals surface area contributed by atoms with E-state index in [0.29, 0.717) is 28.7 Å². The molecule has 0 spiro atoms. The summed E-state index contributed by atoms with van der Waals surface area (Å²) in [7, 11) is 3.09. The Kier molecular flexibility index (Phi) is 5.35. The molecule has 122 valence electrons. The third kappa shape index (κ3) is 4.32. The predicted octanol–water partition coefficient (Wildman–Crippen LogP) is 2.57. The van der Waals surface area contributed by atoms with Gasteiger partial charge in [-0.15, -0.1) is 0 Å². The minimum atomic E-state index is -0.326. The summed E-state index contributed by atoms with van der Waals surface area (Å²) < 4.78 is 10.4. The summed E-state index contributed by atoms with van der Waals surface area (Å²) >= 11 is 0. The summed E-state index contributed by atoms with van der Waals surface area (Å²) in [6, 6.07) is 5.38. The molecule has 0 bridgehead atoms. The van der Waals surface area contributed by atoms with Crippen molar-refractivity contribution >= 4 is 17.5 Å². The van der Waals surface area contributed by atoms with Gasteiger partial charge in [0.2, 0.25) is 5.95 Å². The molecule has 1 amide bonds. The number of hydrogen-bond donors (Lipinski definition) is 2. The zero-order valence-electron chi connectivity index (χ0n) is 13.6. The van der Waals surface area contributed by atoms with Crippen LogP contribution in [0.5, 0.6) is 11.5 Å². The van der Waals surface area contributed by atoms with Crippen LogP contribution in [0.4, 0.5) is 11.6 Å². The molecule has 0 saturated carbocycles. The number of nitrogens with zero attached hydrogens (tertiary/aromatic N) is 2. The number of benzene rings is 1. The summed E-state index contributed by atoms with van der Waals surface area (Å²) in [4.78, 5) is 20.5. The zero-order chi connectivity index (χ0) is 16.8. The van der Waals surface area contributed by atoms with E-state index < -0.39 is 0 Å². The van der Waals surface area contributed by atoms with Gasteiger partial charge in [0.15, 0.2) is 0 Å². The van der Waals surface area contributed by atoms with Crippen molar-refractivity contribution in [2.24, 2.45) is 0 Å². The van der Waals surface area contributed by atoms with Crippen LogP contribution in [0.2, 0.25) is 0 Å². The molecule has 1 aromatic carbocycles. The van der Waals surface area contributed by atoms with E-state index >= 15 is 0 Å². The molecular weight excluding hydrogens is 296 g/mol. The Morgan fingerprint density at radius 3 is 2.39 bits per heavy atom. The van der Waals surface area contributed by atoms with Gasteiger partial charge in [0.25, 0.3) is 5.91 Å². The lowest BCUT2D eigenvalue weighted by atomic mass is 10.2. The number of methoxy groups -OCH3 is 2. The number of ether oxygens (including phenoxy) is 2. The zero-order valence-corrected chi connectivity index (χ0v) is 13.6. The highest BCUT2D eigenvalue weighted by Gasteiger charge is 2.12. The first kappa shape index (κ1) is 16.5. The number of amides is 1. The standard InChI is InChI=1S/C16H20N4O3/c1-10(2)19-16-17-8-11(9-18-16)15(21)20-13-7-12(22-3)5-6-14(13)23-4/h5-10H,1-4H3,(H,20,21)(H,17,18,19). The van der Waals surface area contributed by atoms with Crippen LogP contribution in [0.3, 0.4) is 0 Å². The Balaban J connectivity index is 2.15. The summed E-state index contributed by atoms with van der Waals surface area (Å²) in [6.45, 7) is 3.97. The largest absolute Gasteiger partial charge is 0.497 e. The molecule has 0 aliphatic carbocycles. The Morgan fingerprint density at radius 1 is 1.13 bits per heavy atom. The molecule has 2 N–H and O–H groups in total. The van der Waals surface area contributed by atoms with Gasteiger partial charge in [0.1, 0.15) is 11.5 Å². The van der Waals surface area contributed by atoms with Gasteiger partial charge in [-0.1, -0.05) is 0 Å². The first-order chi connectivity index (χ1) is 11.0. The molecule has 0 fully saturated rings. The van der Waals surface area contributed by atoms with Crippen LogP contribution in [-0.2, 0) is 0 Å². The Hall–Kier alpha value is -2.83. The highest BCUT2D eigenvalue weighted by molar-refractivity contribution is 6.04. The fourth-order valence-corrected chi connectivity index (χ4v) is 1.88. The molecule has 0 atom stereocenters. The van der Waals surface area contributed by atoms with E-state index in [2.05, 4.69) is 20.6 Å². The van der Waals surface area contributed by atoms with Crippen molar-refractivity contribution in [1.29, 1.82) is 0 Å². The van der Waals surface area contributed by atoms with Gasteiger partial charge in [0.05, 0.1) is 25.5 Å². The van der Waals surface area contributed by atoms with Crippen molar-refractivity contribution in [1.82, 2.24) is 9.97 Å². The summed E-state index contributed by atoms with van der Waals surface area (Å²) in [5.41, 5.74) is 0.866. The van der Waals surface area contributed by atoms with Crippen molar-refractivity contribution < 1.29 is 14.3 Å². The maximum Gasteiger partial charge on any atom is 0.258 e. The highest BCUT2D eigenvalue weighted by Crippen LogP contribution is 2.29. The Morgan fingerprint density at radius 2 is 1.83 bits per heavy atom. The molecule has 7 heteroatoms. The monoisotopic (exact) mass is 316 g/mol. The van der Waals surface area contributed by atoms with Crippen LogP contribution in [0.25, 0.3) is 0 Å². The number of hydrogen-bond acceptors (Lipinski definition) is 6. The molecule has 0 aliphatic heterocycles. The maximum absolute atomic E-state index is 12.3. The fraction of sp³-hybridized carbons (Fsp3) is 0.312. The minimum absolute atomic E-state index is 0.218. The second-order valence-corrected chi connectivity index (χ2v) is 5.11. The molecular formula is C16H20N4O3. The average molecular weight is 316 g/mol. The van der Waals surface area contributed by atoms with E-state index in [1.165, 1.54) is 19.5 Å². The lowest BCUT2D eigenvalue weighted by Crippen LogP contribution is -2.16. The molecule has 7 nitrogen and oxygen atoms in total. The summed E-state index contributed by atoms with van der Waals surface area (Å²) in [6.07, 6.45) is 2.94. The van der Waals surface area contributed by atoms with Crippen LogP contribution >= 0.6 is 0 Å². The van der Waals surface area contributed by atoms with Gasteiger partial charge in [-0.3, -0.25) is 4.79 Å². The van der Waals surface area contributed by atoms with E-state index in [0.717, 1.165) is 0 Å². The van der Waals surface area contributed by atoms with Crippen molar-refractivity contribution in [2.45, 2.75) is 19.9 Å².